The van der Waals surface area contributed by atoms with Crippen LogP contribution in [0.5, 0.6) is 0 Å². The summed E-state index contributed by atoms with van der Waals surface area (Å²) in [7, 11) is 0. The molecule has 0 radical (unpaired) electrons. The summed E-state index contributed by atoms with van der Waals surface area (Å²) < 4.78 is 13.9. The van der Waals surface area contributed by atoms with E-state index in [2.05, 4.69) is 47.5 Å². The van der Waals surface area contributed by atoms with Gasteiger partial charge in [-0.3, -0.25) is 9.69 Å². The van der Waals surface area contributed by atoms with Crippen LogP contribution in [-0.4, -0.2) is 74.2 Å². The summed E-state index contributed by atoms with van der Waals surface area (Å²) in [6.07, 6.45) is 3.53. The maximum Gasteiger partial charge on any atom is 0.223 e. The molecule has 2 bridgehead atoms. The molecule has 9 nitrogen and oxygen atoms in total. The summed E-state index contributed by atoms with van der Waals surface area (Å²) in [4.78, 5) is 25.3. The lowest BCUT2D eigenvalue weighted by atomic mass is 10.0. The van der Waals surface area contributed by atoms with Crippen LogP contribution in [0, 0.1) is 6.92 Å². The molecule has 3 aromatic rings. The van der Waals surface area contributed by atoms with Crippen molar-refractivity contribution in [3.05, 3.63) is 50.9 Å². The predicted molar refractivity (Wildman–Crippen MR) is 161 cm³/mol. The Labute approximate surface area is 245 Å². The Morgan fingerprint density at radius 2 is 1.95 bits per heavy atom. The molecular formula is C31H40ClN5O4. The summed E-state index contributed by atoms with van der Waals surface area (Å²) in [5.74, 6) is 0.413. The summed E-state index contributed by atoms with van der Waals surface area (Å²) in [6.45, 7) is 12.6. The third-order valence-corrected chi connectivity index (χ3v) is 9.32. The number of fused-ring (bicyclic) bond motifs is 3. The molecule has 0 spiro atoms. The summed E-state index contributed by atoms with van der Waals surface area (Å²) in [5, 5.41) is 15.2. The highest BCUT2D eigenvalue weighted by Gasteiger charge is 2.42. The Kier molecular flexibility index (Phi) is 7.84. The smallest absolute Gasteiger partial charge is 0.223 e. The van der Waals surface area contributed by atoms with Gasteiger partial charge in [0.2, 0.25) is 5.95 Å². The molecule has 0 amide bonds. The number of nitrogens with zero attached hydrogens (tertiary/aromatic N) is 4. The molecular weight excluding hydrogens is 542 g/mol. The maximum atomic E-state index is 13.7. The third kappa shape index (κ3) is 5.27. The molecule has 6 rings (SSSR count). The number of aliphatic hydroxyl groups excluding tert-OH is 1. The van der Waals surface area contributed by atoms with E-state index in [1.165, 1.54) is 0 Å². The zero-order valence-corrected chi connectivity index (χ0v) is 25.2. The molecule has 0 aliphatic carbocycles. The van der Waals surface area contributed by atoms with Gasteiger partial charge >= 0.3 is 0 Å². The van der Waals surface area contributed by atoms with Crippen LogP contribution in [0.4, 0.5) is 5.95 Å². The van der Waals surface area contributed by atoms with E-state index in [4.69, 9.17) is 26.1 Å². The van der Waals surface area contributed by atoms with Gasteiger partial charge in [0.15, 0.2) is 5.43 Å². The number of rotatable bonds is 6. The summed E-state index contributed by atoms with van der Waals surface area (Å²) >= 11 is 6.65. The normalized spacial score (nSPS) is 28.5. The number of hydrogen-bond donors (Lipinski definition) is 2. The first-order valence-electron chi connectivity index (χ1n) is 14.8. The number of ether oxygens (including phenoxy) is 2. The number of morpholine rings is 1. The second-order valence-electron chi connectivity index (χ2n) is 12.2. The molecule has 3 aliphatic rings. The number of halogens is 1. The first kappa shape index (κ1) is 28.6. The number of aromatic nitrogens is 3. The molecule has 0 unspecified atom stereocenters. The zero-order chi connectivity index (χ0) is 29.0. The SMILES string of the molecule is Cc1c(CN2[C@@H](C)COC[C@@H]2C)n(C(C)C)c2cc(-c3nc(N[C@@H]4C[C@H]5CC[C@H](O5)[C@H]4O)ncc3Cl)ccc2c1=O. The molecule has 6 atom stereocenters. The average Bonchev–Trinajstić information content (AvgIpc) is 3.36. The number of pyridine rings is 1. The number of aliphatic hydroxyl groups is 1. The minimum Gasteiger partial charge on any atom is -0.388 e. The van der Waals surface area contributed by atoms with Crippen molar-refractivity contribution in [3.8, 4) is 11.3 Å². The third-order valence-electron chi connectivity index (χ3n) is 9.05. The first-order chi connectivity index (χ1) is 19.6. The zero-order valence-electron chi connectivity index (χ0n) is 24.4. The van der Waals surface area contributed by atoms with Gasteiger partial charge in [0.05, 0.1) is 53.9 Å². The van der Waals surface area contributed by atoms with Crippen molar-refractivity contribution in [2.75, 3.05) is 18.5 Å². The van der Waals surface area contributed by atoms with Gasteiger partial charge in [0.25, 0.3) is 0 Å². The second-order valence-corrected chi connectivity index (χ2v) is 12.7. The van der Waals surface area contributed by atoms with E-state index in [-0.39, 0.29) is 41.8 Å². The second kappa shape index (κ2) is 11.3. The minimum atomic E-state index is -0.615. The Morgan fingerprint density at radius 1 is 1.20 bits per heavy atom. The number of benzene rings is 1. The maximum absolute atomic E-state index is 13.7. The fourth-order valence-electron chi connectivity index (χ4n) is 6.82. The molecule has 2 aromatic heterocycles. The Balaban J connectivity index is 1.40. The van der Waals surface area contributed by atoms with Gasteiger partial charge in [0.1, 0.15) is 6.10 Å². The highest BCUT2D eigenvalue weighted by molar-refractivity contribution is 6.33. The molecule has 41 heavy (non-hydrogen) atoms. The monoisotopic (exact) mass is 581 g/mol. The van der Waals surface area contributed by atoms with Crippen molar-refractivity contribution in [1.29, 1.82) is 0 Å². The predicted octanol–water partition coefficient (Wildman–Crippen LogP) is 4.70. The molecule has 2 N–H and O–H groups in total. The lowest BCUT2D eigenvalue weighted by molar-refractivity contribution is -0.0811. The van der Waals surface area contributed by atoms with Crippen LogP contribution in [0.2, 0.25) is 5.02 Å². The largest absolute Gasteiger partial charge is 0.388 e. The van der Waals surface area contributed by atoms with Crippen LogP contribution in [0.3, 0.4) is 0 Å². The van der Waals surface area contributed by atoms with E-state index in [0.717, 1.165) is 35.2 Å². The van der Waals surface area contributed by atoms with Crippen LogP contribution in [0.15, 0.2) is 29.2 Å². The average molecular weight is 582 g/mol. The Morgan fingerprint density at radius 3 is 2.68 bits per heavy atom. The van der Waals surface area contributed by atoms with Crippen LogP contribution in [0.1, 0.15) is 64.3 Å². The van der Waals surface area contributed by atoms with E-state index >= 15 is 0 Å². The number of nitrogens with one attached hydrogen (secondary N) is 1. The summed E-state index contributed by atoms with van der Waals surface area (Å²) in [5.41, 5.74) is 4.09. The highest BCUT2D eigenvalue weighted by Crippen LogP contribution is 2.35. The van der Waals surface area contributed by atoms with Gasteiger partial charge < -0.3 is 24.5 Å². The van der Waals surface area contributed by atoms with Gasteiger partial charge in [0, 0.05) is 46.9 Å². The fraction of sp³-hybridized carbons (Fsp3) is 0.581. The van der Waals surface area contributed by atoms with Gasteiger partial charge in [-0.25, -0.2) is 9.97 Å². The minimum absolute atomic E-state index is 0.0475. The van der Waals surface area contributed by atoms with Crippen molar-refractivity contribution in [3.63, 3.8) is 0 Å². The van der Waals surface area contributed by atoms with Crippen molar-refractivity contribution < 1.29 is 14.6 Å². The van der Waals surface area contributed by atoms with E-state index in [0.29, 0.717) is 48.2 Å². The van der Waals surface area contributed by atoms with Crippen LogP contribution in [-0.2, 0) is 16.0 Å². The van der Waals surface area contributed by atoms with Gasteiger partial charge in [-0.15, -0.1) is 0 Å². The molecule has 1 aromatic carbocycles. The van der Waals surface area contributed by atoms with E-state index in [1.807, 2.05) is 25.1 Å². The topological polar surface area (TPSA) is 102 Å². The van der Waals surface area contributed by atoms with Crippen molar-refractivity contribution in [1.82, 2.24) is 19.4 Å². The van der Waals surface area contributed by atoms with Crippen LogP contribution in [0.25, 0.3) is 22.2 Å². The number of hydrogen-bond acceptors (Lipinski definition) is 8. The summed E-state index contributed by atoms with van der Waals surface area (Å²) in [6, 6.07) is 6.26. The van der Waals surface area contributed by atoms with Gasteiger partial charge in [-0.1, -0.05) is 17.7 Å². The standard InChI is InChI=1S/C31H40ClN5O4/c1-16(2)37-25-10-20(6-8-22(25)29(38)19(5)26(37)13-36-17(3)14-40-15-18(36)4)28-23(32)12-33-31(35-28)34-24-11-21-7-9-27(41-21)30(24)39/h6,8,10,12,16-18,21,24,27,30,39H,7,9,11,13-15H2,1-5H3,(H,33,34,35)/t17-,18-,21+,24+,27-,30-/m0/s1. The first-order valence-corrected chi connectivity index (χ1v) is 15.1. The van der Waals surface area contributed by atoms with Gasteiger partial charge in [-0.2, -0.15) is 0 Å². The van der Waals surface area contributed by atoms with Crippen molar-refractivity contribution in [2.45, 2.75) is 103 Å². The molecule has 0 saturated carbocycles. The highest BCUT2D eigenvalue weighted by atomic mass is 35.5. The molecule has 5 heterocycles. The lowest BCUT2D eigenvalue weighted by Crippen LogP contribution is -2.49. The molecule has 3 aliphatic heterocycles. The van der Waals surface area contributed by atoms with Crippen molar-refractivity contribution in [2.24, 2.45) is 0 Å². The van der Waals surface area contributed by atoms with E-state index in [9.17, 15) is 9.90 Å². The molecule has 3 saturated heterocycles. The molecule has 220 valence electrons. The lowest BCUT2D eigenvalue weighted by Gasteiger charge is -2.39. The Hall–Kier alpha value is -2.56. The quantitative estimate of drug-likeness (QED) is 0.432. The molecule has 10 heteroatoms. The van der Waals surface area contributed by atoms with Gasteiger partial charge in [-0.05, 0) is 66.0 Å². The van der Waals surface area contributed by atoms with E-state index in [1.54, 1.807) is 6.20 Å². The number of anilines is 1. The Bertz CT molecular complexity index is 1500. The molecule has 3 fully saturated rings. The fourth-order valence-corrected chi connectivity index (χ4v) is 7.02. The van der Waals surface area contributed by atoms with Crippen LogP contribution >= 0.6 is 11.6 Å². The van der Waals surface area contributed by atoms with E-state index < -0.39 is 6.10 Å². The van der Waals surface area contributed by atoms with Crippen molar-refractivity contribution >= 4 is 28.5 Å². The van der Waals surface area contributed by atoms with Crippen LogP contribution < -0.4 is 10.7 Å².